The highest BCUT2D eigenvalue weighted by atomic mass is 32.2. The van der Waals surface area contributed by atoms with E-state index in [0.717, 1.165) is 31.8 Å². The van der Waals surface area contributed by atoms with Crippen molar-refractivity contribution in [1.82, 2.24) is 9.97 Å². The Hall–Kier alpha value is -3.62. The molecule has 0 saturated carbocycles. The van der Waals surface area contributed by atoms with Crippen LogP contribution in [-0.2, 0) is 16.4 Å². The number of para-hydroxylation sites is 1. The third-order valence-corrected chi connectivity index (χ3v) is 7.85. The number of ether oxygens (including phenoxy) is 1. The van der Waals surface area contributed by atoms with Gasteiger partial charge >= 0.3 is 0 Å². The molecule has 0 saturated heterocycles. The third kappa shape index (κ3) is 4.30. The molecule has 170 valence electrons. The molecule has 0 radical (unpaired) electrons. The number of rotatable bonds is 6. The average Bonchev–Trinajstić information content (AvgIpc) is 3.11. The molecule has 5 rings (SSSR count). The monoisotopic (exact) mass is 487 g/mol. The van der Waals surface area contributed by atoms with Crippen LogP contribution in [0.2, 0.25) is 0 Å². The lowest BCUT2D eigenvalue weighted by atomic mass is 10.0. The van der Waals surface area contributed by atoms with Crippen LogP contribution in [0.25, 0.3) is 17.0 Å². The van der Waals surface area contributed by atoms with E-state index in [1.807, 2.05) is 60.7 Å². The van der Waals surface area contributed by atoms with E-state index in [4.69, 9.17) is 4.74 Å². The van der Waals surface area contributed by atoms with Crippen molar-refractivity contribution in [3.05, 3.63) is 96.5 Å². The minimum absolute atomic E-state index is 0.0998. The molecule has 0 fully saturated rings. The summed E-state index contributed by atoms with van der Waals surface area (Å²) in [7, 11) is -2.19. The van der Waals surface area contributed by atoms with Crippen LogP contribution < -0.4 is 9.46 Å². The van der Waals surface area contributed by atoms with Gasteiger partial charge in [0.2, 0.25) is 0 Å². The summed E-state index contributed by atoms with van der Waals surface area (Å²) in [6.45, 7) is 0. The van der Waals surface area contributed by atoms with Crippen LogP contribution in [0, 0.1) is 0 Å². The van der Waals surface area contributed by atoms with E-state index >= 15 is 0 Å². The highest BCUT2D eigenvalue weighted by Gasteiger charge is 2.23. The van der Waals surface area contributed by atoms with E-state index in [1.165, 1.54) is 24.0 Å². The Kier molecular flexibility index (Phi) is 6.08. The molecule has 0 bridgehead atoms. The number of sulfonamides is 1. The number of fused-ring (bicyclic) bond motifs is 2. The average molecular weight is 488 g/mol. The summed E-state index contributed by atoms with van der Waals surface area (Å²) in [6, 6.07) is 14.9. The Labute approximate surface area is 202 Å². The van der Waals surface area contributed by atoms with Crippen LogP contribution >= 0.6 is 11.8 Å². The first-order valence-electron chi connectivity index (χ1n) is 10.6. The summed E-state index contributed by atoms with van der Waals surface area (Å²) in [5, 5.41) is 1.03. The molecule has 1 aliphatic rings. The molecule has 2 aromatic heterocycles. The molecule has 6 nitrogen and oxygen atoms in total. The summed E-state index contributed by atoms with van der Waals surface area (Å²) >= 11 is 1.50. The number of pyridine rings is 2. The Morgan fingerprint density at radius 1 is 1.03 bits per heavy atom. The number of hydrogen-bond acceptors (Lipinski definition) is 6. The molecule has 0 atom stereocenters. The SMILES string of the molecule is COc1c(Sc2cccc3cccnc23)cc(NS(=O)(=O)c2cccnc2)c2c1CC=CC=C2. The highest BCUT2D eigenvalue weighted by Crippen LogP contribution is 2.44. The van der Waals surface area contributed by atoms with Gasteiger partial charge in [-0.05, 0) is 36.8 Å². The quantitative estimate of drug-likeness (QED) is 0.375. The number of nitrogens with zero attached hydrogens (tertiary/aromatic N) is 2. The maximum Gasteiger partial charge on any atom is 0.263 e. The van der Waals surface area contributed by atoms with E-state index in [2.05, 4.69) is 14.7 Å². The number of aromatic nitrogens is 2. The molecule has 1 N–H and O–H groups in total. The van der Waals surface area contributed by atoms with Crippen molar-refractivity contribution in [2.24, 2.45) is 0 Å². The van der Waals surface area contributed by atoms with Gasteiger partial charge in [0.1, 0.15) is 10.6 Å². The normalized spacial score (nSPS) is 12.9. The van der Waals surface area contributed by atoms with Crippen molar-refractivity contribution in [2.45, 2.75) is 21.1 Å². The third-order valence-electron chi connectivity index (χ3n) is 5.43. The van der Waals surface area contributed by atoms with E-state index < -0.39 is 10.0 Å². The van der Waals surface area contributed by atoms with Crippen LogP contribution in [0.1, 0.15) is 11.1 Å². The van der Waals surface area contributed by atoms with Gasteiger partial charge < -0.3 is 4.74 Å². The van der Waals surface area contributed by atoms with E-state index in [1.54, 1.807) is 25.6 Å². The zero-order valence-electron chi connectivity index (χ0n) is 18.3. The smallest absolute Gasteiger partial charge is 0.263 e. The number of nitrogens with one attached hydrogen (secondary N) is 1. The summed E-state index contributed by atoms with van der Waals surface area (Å²) in [5.41, 5.74) is 3.05. The maximum atomic E-state index is 13.1. The predicted octanol–water partition coefficient (Wildman–Crippen LogP) is 5.72. The zero-order valence-corrected chi connectivity index (χ0v) is 19.9. The molecular weight excluding hydrogens is 466 g/mol. The van der Waals surface area contributed by atoms with Gasteiger partial charge in [0, 0.05) is 40.0 Å². The summed E-state index contributed by atoms with van der Waals surface area (Å²) in [4.78, 5) is 10.4. The van der Waals surface area contributed by atoms with Crippen molar-refractivity contribution in [2.75, 3.05) is 11.8 Å². The minimum atomic E-state index is -3.83. The zero-order chi connectivity index (χ0) is 23.5. The summed E-state index contributed by atoms with van der Waals surface area (Å²) in [6.07, 6.45) is 13.0. The van der Waals surface area contributed by atoms with Gasteiger partial charge in [-0.1, -0.05) is 54.3 Å². The number of anilines is 1. The molecule has 0 spiro atoms. The fourth-order valence-corrected chi connectivity index (χ4v) is 6.05. The Bertz CT molecular complexity index is 1530. The van der Waals surface area contributed by atoms with Gasteiger partial charge in [-0.2, -0.15) is 0 Å². The fourth-order valence-electron chi connectivity index (χ4n) is 3.89. The lowest BCUT2D eigenvalue weighted by Crippen LogP contribution is -2.15. The maximum absolute atomic E-state index is 13.1. The van der Waals surface area contributed by atoms with Crippen LogP contribution in [0.15, 0.2) is 100 Å². The number of methoxy groups -OCH3 is 1. The van der Waals surface area contributed by atoms with Crippen LogP contribution in [0.3, 0.4) is 0 Å². The number of allylic oxidation sites excluding steroid dienone is 3. The first kappa shape index (κ1) is 22.2. The van der Waals surface area contributed by atoms with Gasteiger partial charge in [-0.15, -0.1) is 0 Å². The second kappa shape index (κ2) is 9.32. The molecule has 0 unspecified atom stereocenters. The predicted molar refractivity (Wildman–Crippen MR) is 136 cm³/mol. The number of hydrogen-bond donors (Lipinski definition) is 1. The lowest BCUT2D eigenvalue weighted by Gasteiger charge is -2.20. The largest absolute Gasteiger partial charge is 0.495 e. The van der Waals surface area contributed by atoms with Crippen molar-refractivity contribution in [1.29, 1.82) is 0 Å². The molecular formula is C26H21N3O3S2. The first-order valence-corrected chi connectivity index (χ1v) is 12.9. The molecule has 0 aliphatic heterocycles. The number of benzene rings is 2. The highest BCUT2D eigenvalue weighted by molar-refractivity contribution is 7.99. The van der Waals surface area contributed by atoms with E-state index in [0.29, 0.717) is 17.9 Å². The van der Waals surface area contributed by atoms with Gasteiger partial charge in [-0.25, -0.2) is 8.42 Å². The lowest BCUT2D eigenvalue weighted by molar-refractivity contribution is 0.400. The summed E-state index contributed by atoms with van der Waals surface area (Å²) < 4.78 is 34.9. The topological polar surface area (TPSA) is 81.2 Å². The molecule has 4 aromatic rings. The van der Waals surface area contributed by atoms with Crippen molar-refractivity contribution in [3.63, 3.8) is 0 Å². The molecule has 34 heavy (non-hydrogen) atoms. The molecule has 0 amide bonds. The second-order valence-corrected chi connectivity index (χ2v) is 10.3. The fraction of sp³-hybridized carbons (Fsp3) is 0.0769. The van der Waals surface area contributed by atoms with Crippen LogP contribution in [0.5, 0.6) is 5.75 Å². The standard InChI is InChI=1S/C26H21N3O3S2/c1-32-26-21-12-4-2-3-11-20(21)22(29-34(30,31)19-10-7-14-27-17-19)16-24(26)33-23-13-5-8-18-9-6-15-28-25(18)23/h2-11,13-17,29H,12H2,1H3. The van der Waals surface area contributed by atoms with E-state index in [9.17, 15) is 8.42 Å². The molecule has 1 aliphatic carbocycles. The van der Waals surface area contributed by atoms with Gasteiger partial charge in [0.15, 0.2) is 0 Å². The molecule has 2 heterocycles. The Balaban J connectivity index is 1.66. The van der Waals surface area contributed by atoms with Crippen LogP contribution in [-0.4, -0.2) is 25.5 Å². The van der Waals surface area contributed by atoms with Gasteiger partial charge in [-0.3, -0.25) is 14.7 Å². The first-order chi connectivity index (χ1) is 16.6. The Morgan fingerprint density at radius 2 is 1.88 bits per heavy atom. The van der Waals surface area contributed by atoms with E-state index in [-0.39, 0.29) is 4.90 Å². The van der Waals surface area contributed by atoms with Crippen molar-refractivity contribution >= 4 is 44.5 Å². The van der Waals surface area contributed by atoms with Crippen LogP contribution in [0.4, 0.5) is 5.69 Å². The molecule has 8 heteroatoms. The minimum Gasteiger partial charge on any atom is -0.495 e. The Morgan fingerprint density at radius 3 is 2.71 bits per heavy atom. The van der Waals surface area contributed by atoms with Gasteiger partial charge in [0.05, 0.1) is 23.2 Å². The molecule has 2 aromatic carbocycles. The van der Waals surface area contributed by atoms with Gasteiger partial charge in [0.25, 0.3) is 10.0 Å². The summed E-state index contributed by atoms with van der Waals surface area (Å²) in [5.74, 6) is 0.716. The second-order valence-electron chi connectivity index (χ2n) is 7.57. The van der Waals surface area contributed by atoms with Crippen molar-refractivity contribution in [3.8, 4) is 5.75 Å². The van der Waals surface area contributed by atoms with Crippen molar-refractivity contribution < 1.29 is 13.2 Å².